The number of hydrogen-bond donors (Lipinski definition) is 2. The molecule has 0 aromatic carbocycles. The zero-order valence-electron chi connectivity index (χ0n) is 13.5. The van der Waals surface area contributed by atoms with Gasteiger partial charge >= 0.3 is 0 Å². The van der Waals surface area contributed by atoms with Crippen LogP contribution < -0.4 is 10.6 Å². The Hall–Kier alpha value is -0.200. The van der Waals surface area contributed by atoms with Gasteiger partial charge in [-0.1, -0.05) is 13.8 Å². The van der Waals surface area contributed by atoms with Gasteiger partial charge in [-0.15, -0.1) is 0 Å². The first-order valence-corrected chi connectivity index (χ1v) is 8.01. The Morgan fingerprint density at radius 1 is 1.25 bits per heavy atom. The molecule has 2 saturated heterocycles. The van der Waals surface area contributed by atoms with Crippen LogP contribution in [-0.4, -0.2) is 77.1 Å². The molecule has 2 heterocycles. The first kappa shape index (κ1) is 17.9. The molecule has 0 radical (unpaired) electrons. The topological polar surface area (TPSA) is 45.8 Å². The molecule has 5 heteroatoms. The van der Waals surface area contributed by atoms with Gasteiger partial charge in [-0.25, -0.2) is 0 Å². The van der Waals surface area contributed by atoms with Crippen molar-refractivity contribution in [2.45, 2.75) is 26.4 Å². The van der Waals surface area contributed by atoms with Crippen LogP contribution in [0.5, 0.6) is 0 Å². The molecule has 1 unspecified atom stereocenters. The smallest absolute Gasteiger partial charge is 0.0722 e. The Bertz CT molecular complexity index is 215. The van der Waals surface area contributed by atoms with Crippen molar-refractivity contribution in [3.05, 3.63) is 0 Å². The minimum atomic E-state index is 0.443. The summed E-state index contributed by atoms with van der Waals surface area (Å²) in [6.45, 7) is 13.7. The fourth-order valence-electron chi connectivity index (χ4n) is 2.32. The summed E-state index contributed by atoms with van der Waals surface area (Å²) in [5, 5.41) is 6.44. The third-order valence-corrected chi connectivity index (χ3v) is 3.70. The summed E-state index contributed by atoms with van der Waals surface area (Å²) in [7, 11) is 2.00. The molecule has 0 aromatic heterocycles. The number of ether oxygens (including phenoxy) is 2. The molecule has 20 heavy (non-hydrogen) atoms. The molecular weight excluding hydrogens is 254 g/mol. The molecule has 2 aliphatic rings. The van der Waals surface area contributed by atoms with Gasteiger partial charge in [0.1, 0.15) is 0 Å². The minimum Gasteiger partial charge on any atom is -0.379 e. The Balaban J connectivity index is 0.000000204. The van der Waals surface area contributed by atoms with E-state index in [2.05, 4.69) is 29.4 Å². The number of nitrogens with zero attached hydrogens (tertiary/aromatic N) is 1. The lowest BCUT2D eigenvalue weighted by molar-refractivity contribution is 0.000508. The number of nitrogens with one attached hydrogen (secondary N) is 2. The predicted octanol–water partition coefficient (Wildman–Crippen LogP) is 0.559. The third kappa shape index (κ3) is 8.17. The van der Waals surface area contributed by atoms with Crippen molar-refractivity contribution < 1.29 is 9.47 Å². The highest BCUT2D eigenvalue weighted by Gasteiger charge is 2.15. The standard InChI is InChI=1S/C8H18N2O.C7H15NO/c1-9-3-2-4-10-5-7-11-8-6-10;1-6(2)7-5-8-3-4-9-7/h9H,2-8H2,1H3;6-8H,3-5H2,1-2H3. The lowest BCUT2D eigenvalue weighted by Gasteiger charge is -2.26. The second-order valence-electron chi connectivity index (χ2n) is 5.77. The number of morpholine rings is 2. The zero-order chi connectivity index (χ0) is 14.6. The molecule has 2 fully saturated rings. The Morgan fingerprint density at radius 2 is 2.00 bits per heavy atom. The van der Waals surface area contributed by atoms with Gasteiger partial charge in [0.25, 0.3) is 0 Å². The average Bonchev–Trinajstić information content (AvgIpc) is 2.50. The lowest BCUT2D eigenvalue weighted by atomic mass is 10.1. The fraction of sp³-hybridized carbons (Fsp3) is 1.00. The lowest BCUT2D eigenvalue weighted by Crippen LogP contribution is -2.41. The highest BCUT2D eigenvalue weighted by molar-refractivity contribution is 4.69. The largest absolute Gasteiger partial charge is 0.379 e. The first-order chi connectivity index (χ1) is 9.74. The van der Waals surface area contributed by atoms with E-state index in [-0.39, 0.29) is 0 Å². The van der Waals surface area contributed by atoms with Crippen LogP contribution in [0.3, 0.4) is 0 Å². The molecule has 2 N–H and O–H groups in total. The van der Waals surface area contributed by atoms with Crippen molar-refractivity contribution in [2.24, 2.45) is 5.92 Å². The van der Waals surface area contributed by atoms with Crippen LogP contribution in [0.4, 0.5) is 0 Å². The average molecular weight is 287 g/mol. The van der Waals surface area contributed by atoms with Gasteiger partial charge in [0.05, 0.1) is 25.9 Å². The van der Waals surface area contributed by atoms with Crippen LogP contribution in [0.15, 0.2) is 0 Å². The molecule has 120 valence electrons. The van der Waals surface area contributed by atoms with Crippen molar-refractivity contribution in [3.8, 4) is 0 Å². The predicted molar refractivity (Wildman–Crippen MR) is 83.3 cm³/mol. The maximum Gasteiger partial charge on any atom is 0.0722 e. The van der Waals surface area contributed by atoms with Crippen molar-refractivity contribution in [1.82, 2.24) is 15.5 Å². The van der Waals surface area contributed by atoms with Gasteiger partial charge in [-0.05, 0) is 32.5 Å². The van der Waals surface area contributed by atoms with Crippen LogP contribution in [-0.2, 0) is 9.47 Å². The normalized spacial score (nSPS) is 24.3. The Kier molecular flexibility index (Phi) is 10.2. The number of hydrogen-bond acceptors (Lipinski definition) is 5. The summed E-state index contributed by atoms with van der Waals surface area (Å²) in [6.07, 6.45) is 1.69. The van der Waals surface area contributed by atoms with Gasteiger partial charge in [0, 0.05) is 26.2 Å². The molecule has 0 spiro atoms. The maximum absolute atomic E-state index is 5.48. The van der Waals surface area contributed by atoms with Crippen LogP contribution in [0.2, 0.25) is 0 Å². The van der Waals surface area contributed by atoms with E-state index >= 15 is 0 Å². The van der Waals surface area contributed by atoms with Gasteiger partial charge in [0.15, 0.2) is 0 Å². The molecule has 2 rings (SSSR count). The molecule has 0 aliphatic carbocycles. The summed E-state index contributed by atoms with van der Waals surface area (Å²) in [4.78, 5) is 2.46. The molecule has 5 nitrogen and oxygen atoms in total. The maximum atomic E-state index is 5.48. The van der Waals surface area contributed by atoms with Gasteiger partial charge < -0.3 is 20.1 Å². The molecule has 1 atom stereocenters. The zero-order valence-corrected chi connectivity index (χ0v) is 13.5. The van der Waals surface area contributed by atoms with Crippen molar-refractivity contribution in [2.75, 3.05) is 66.1 Å². The molecule has 0 amide bonds. The Labute approximate surface area is 124 Å². The first-order valence-electron chi connectivity index (χ1n) is 8.01. The minimum absolute atomic E-state index is 0.443. The quantitative estimate of drug-likeness (QED) is 0.724. The van der Waals surface area contributed by atoms with E-state index < -0.39 is 0 Å². The van der Waals surface area contributed by atoms with Crippen LogP contribution in [0.25, 0.3) is 0 Å². The summed E-state index contributed by atoms with van der Waals surface area (Å²) >= 11 is 0. The van der Waals surface area contributed by atoms with Crippen molar-refractivity contribution in [3.63, 3.8) is 0 Å². The van der Waals surface area contributed by atoms with Gasteiger partial charge in [0.2, 0.25) is 0 Å². The highest BCUT2D eigenvalue weighted by atomic mass is 16.5. The van der Waals surface area contributed by atoms with E-state index in [1.165, 1.54) is 13.0 Å². The molecule has 0 saturated carbocycles. The molecule has 0 aromatic rings. The fourth-order valence-corrected chi connectivity index (χ4v) is 2.32. The summed E-state index contributed by atoms with van der Waals surface area (Å²) in [6, 6.07) is 0. The van der Waals surface area contributed by atoms with Gasteiger partial charge in [-0.3, -0.25) is 4.90 Å². The van der Waals surface area contributed by atoms with E-state index in [9.17, 15) is 0 Å². The van der Waals surface area contributed by atoms with Crippen molar-refractivity contribution in [1.29, 1.82) is 0 Å². The molecular formula is C15H33N3O2. The van der Waals surface area contributed by atoms with Crippen LogP contribution >= 0.6 is 0 Å². The second-order valence-corrected chi connectivity index (χ2v) is 5.77. The third-order valence-electron chi connectivity index (χ3n) is 3.70. The van der Waals surface area contributed by atoms with E-state index in [0.717, 1.165) is 52.5 Å². The summed E-state index contributed by atoms with van der Waals surface area (Å²) < 4.78 is 10.7. The molecule has 2 aliphatic heterocycles. The second kappa shape index (κ2) is 11.5. The van der Waals surface area contributed by atoms with Crippen LogP contribution in [0.1, 0.15) is 20.3 Å². The Morgan fingerprint density at radius 3 is 2.50 bits per heavy atom. The SMILES string of the molecule is CC(C)C1CNCCO1.CNCCCN1CCOCC1. The van der Waals surface area contributed by atoms with E-state index in [4.69, 9.17) is 9.47 Å². The summed E-state index contributed by atoms with van der Waals surface area (Å²) in [5.41, 5.74) is 0. The molecule has 0 bridgehead atoms. The summed E-state index contributed by atoms with van der Waals surface area (Å²) in [5.74, 6) is 0.651. The van der Waals surface area contributed by atoms with Gasteiger partial charge in [-0.2, -0.15) is 0 Å². The van der Waals surface area contributed by atoms with E-state index in [0.29, 0.717) is 12.0 Å². The van der Waals surface area contributed by atoms with E-state index in [1.807, 2.05) is 7.05 Å². The van der Waals surface area contributed by atoms with Crippen molar-refractivity contribution >= 4 is 0 Å². The number of rotatable bonds is 5. The van der Waals surface area contributed by atoms with Crippen LogP contribution in [0, 0.1) is 5.92 Å². The monoisotopic (exact) mass is 287 g/mol. The van der Waals surface area contributed by atoms with E-state index in [1.54, 1.807) is 0 Å². The highest BCUT2D eigenvalue weighted by Crippen LogP contribution is 2.06.